The predicted molar refractivity (Wildman–Crippen MR) is 122 cm³/mol. The molecule has 3 rings (SSSR count). The maximum atomic E-state index is 13.2. The first-order valence-electron chi connectivity index (χ1n) is 12.0. The Balaban J connectivity index is 0.000000673. The van der Waals surface area contributed by atoms with E-state index < -0.39 is 48.0 Å². The van der Waals surface area contributed by atoms with E-state index in [1.54, 1.807) is 29.1 Å². The summed E-state index contributed by atoms with van der Waals surface area (Å²) in [7, 11) is 0. The molecule has 2 fully saturated rings. The van der Waals surface area contributed by atoms with Crippen LogP contribution in [0, 0.1) is 0 Å². The van der Waals surface area contributed by atoms with Crippen LogP contribution in [-0.4, -0.2) is 71.3 Å². The Bertz CT molecular complexity index is 1110. The number of carbonyl (C=O) groups excluding carboxylic acids is 6. The van der Waals surface area contributed by atoms with E-state index in [4.69, 9.17) is 21.4 Å². The molecular weight excluding hydrogens is 529 g/mol. The van der Waals surface area contributed by atoms with E-state index in [1.807, 2.05) is 0 Å². The Morgan fingerprint density at radius 2 is 1.87 bits per heavy atom. The van der Waals surface area contributed by atoms with Gasteiger partial charge >= 0.3 is 6.18 Å². The van der Waals surface area contributed by atoms with Crippen LogP contribution in [0.15, 0.2) is 24.5 Å². The maximum absolute atomic E-state index is 13.2. The van der Waals surface area contributed by atoms with E-state index >= 15 is 0 Å². The molecule has 0 saturated carbocycles. The lowest BCUT2D eigenvalue weighted by Gasteiger charge is -2.28. The van der Waals surface area contributed by atoms with E-state index in [2.05, 4.69) is 10.6 Å². The number of halogens is 3. The van der Waals surface area contributed by atoms with Crippen LogP contribution in [0.4, 0.5) is 13.2 Å². The van der Waals surface area contributed by atoms with Crippen molar-refractivity contribution in [3.63, 3.8) is 0 Å². The Hall–Kier alpha value is -4.24. The summed E-state index contributed by atoms with van der Waals surface area (Å²) < 4.78 is 33.3. The first kappa shape index (κ1) is 31.0. The molecule has 5 amide bonds. The van der Waals surface area contributed by atoms with Crippen molar-refractivity contribution < 1.29 is 51.6 Å². The van der Waals surface area contributed by atoms with Crippen LogP contribution in [0.1, 0.15) is 48.9 Å². The standard InChI is InChI=1S/C21H28N6O5.C2HF3O2/c22-18(29)13-4-1-9-26(12-13)10-2-5-15(25-20(31)14-7-8-17(28)24-14)21(32)27-11-3-6-16(27)19(23)30;3-2(4,5)1(6)7/h1,4,9,12,14-16H,2-3,5-8,10-11H2,(H5-,22,23,24,25,28,29,30,31);(H,6,7)/t14-,15?,16-;/m0./s1. The van der Waals surface area contributed by atoms with Crippen molar-refractivity contribution in [1.82, 2.24) is 15.5 Å². The van der Waals surface area contributed by atoms with Crippen LogP contribution in [0.3, 0.4) is 0 Å². The third-order valence-corrected chi connectivity index (χ3v) is 6.07. The minimum absolute atomic E-state index is 0.202. The zero-order valence-corrected chi connectivity index (χ0v) is 20.7. The number of likely N-dealkylation sites (tertiary alicyclic amines) is 1. The van der Waals surface area contributed by atoms with Crippen LogP contribution < -0.4 is 31.8 Å². The topological polar surface area (TPSA) is 209 Å². The molecule has 1 unspecified atom stereocenters. The Labute approximate surface area is 220 Å². The van der Waals surface area contributed by atoms with Crippen LogP contribution in [0.5, 0.6) is 0 Å². The minimum atomic E-state index is -5.19. The smallest absolute Gasteiger partial charge is 0.430 e. The molecule has 2 saturated heterocycles. The van der Waals surface area contributed by atoms with Crippen molar-refractivity contribution in [3.05, 3.63) is 30.1 Å². The number of rotatable bonds is 9. The second-order valence-electron chi connectivity index (χ2n) is 8.93. The molecule has 0 spiro atoms. The van der Waals surface area contributed by atoms with Gasteiger partial charge in [0, 0.05) is 25.5 Å². The van der Waals surface area contributed by atoms with Gasteiger partial charge in [0.2, 0.25) is 23.6 Å². The number of aryl methyl sites for hydroxylation is 1. The van der Waals surface area contributed by atoms with Gasteiger partial charge in [0.15, 0.2) is 12.4 Å². The third kappa shape index (κ3) is 9.22. The summed E-state index contributed by atoms with van der Waals surface area (Å²) in [6, 6.07) is 1.09. The van der Waals surface area contributed by atoms with Crippen LogP contribution in [0.25, 0.3) is 0 Å². The molecule has 214 valence electrons. The number of pyridine rings is 1. The van der Waals surface area contributed by atoms with Crippen molar-refractivity contribution >= 4 is 35.5 Å². The molecule has 3 atom stereocenters. The molecule has 0 radical (unpaired) electrons. The maximum Gasteiger partial charge on any atom is 0.430 e. The highest BCUT2D eigenvalue weighted by Gasteiger charge is 2.38. The van der Waals surface area contributed by atoms with Gasteiger partial charge in [-0.05, 0) is 31.7 Å². The van der Waals surface area contributed by atoms with Gasteiger partial charge in [-0.1, -0.05) is 0 Å². The van der Waals surface area contributed by atoms with Crippen LogP contribution in [-0.2, 0) is 30.5 Å². The number of primary amides is 2. The van der Waals surface area contributed by atoms with Crippen LogP contribution >= 0.6 is 0 Å². The molecule has 0 aliphatic carbocycles. The monoisotopic (exact) mass is 558 g/mol. The zero-order valence-electron chi connectivity index (χ0n) is 20.7. The van der Waals surface area contributed by atoms with Gasteiger partial charge in [-0.2, -0.15) is 13.2 Å². The highest BCUT2D eigenvalue weighted by Crippen LogP contribution is 2.19. The number of hydrogen-bond donors (Lipinski definition) is 4. The molecule has 3 heterocycles. The number of hydrogen-bond acceptors (Lipinski definition) is 7. The van der Waals surface area contributed by atoms with Crippen molar-refractivity contribution in [1.29, 1.82) is 0 Å². The lowest BCUT2D eigenvalue weighted by molar-refractivity contribution is -0.697. The number of carboxylic acid groups (broad SMARTS) is 1. The molecular formula is C23H29F3N6O7. The average Bonchev–Trinajstić information content (AvgIpc) is 3.52. The second-order valence-corrected chi connectivity index (χ2v) is 8.93. The summed E-state index contributed by atoms with van der Waals surface area (Å²) in [6.45, 7) is 0.883. The van der Waals surface area contributed by atoms with E-state index in [0.29, 0.717) is 50.8 Å². The predicted octanol–water partition coefficient (Wildman–Crippen LogP) is -2.61. The molecule has 0 bridgehead atoms. The average molecular weight is 559 g/mol. The zero-order chi connectivity index (χ0) is 29.3. The first-order valence-corrected chi connectivity index (χ1v) is 12.0. The van der Waals surface area contributed by atoms with Gasteiger partial charge in [-0.15, -0.1) is 0 Å². The van der Waals surface area contributed by atoms with Gasteiger partial charge in [0.25, 0.3) is 5.91 Å². The lowest BCUT2D eigenvalue weighted by Crippen LogP contribution is -2.55. The number of nitrogens with one attached hydrogen (secondary N) is 2. The number of aliphatic carboxylic acids is 1. The molecule has 1 aromatic heterocycles. The number of carboxylic acids is 1. The van der Waals surface area contributed by atoms with E-state index in [-0.39, 0.29) is 18.2 Å². The fourth-order valence-electron chi connectivity index (χ4n) is 4.15. The van der Waals surface area contributed by atoms with E-state index in [1.165, 1.54) is 4.90 Å². The van der Waals surface area contributed by atoms with Gasteiger partial charge in [0.05, 0.1) is 0 Å². The molecule has 1 aromatic rings. The van der Waals surface area contributed by atoms with Crippen LogP contribution in [0.2, 0.25) is 0 Å². The van der Waals surface area contributed by atoms with Crippen molar-refractivity contribution in [2.45, 2.75) is 69.4 Å². The van der Waals surface area contributed by atoms with Gasteiger partial charge in [-0.3, -0.25) is 24.0 Å². The van der Waals surface area contributed by atoms with Crippen molar-refractivity contribution in [2.24, 2.45) is 11.5 Å². The van der Waals surface area contributed by atoms with Crippen molar-refractivity contribution in [3.8, 4) is 0 Å². The van der Waals surface area contributed by atoms with Gasteiger partial charge in [-0.25, -0.2) is 4.57 Å². The van der Waals surface area contributed by atoms with Gasteiger partial charge in [0.1, 0.15) is 36.2 Å². The SMILES string of the molecule is NC(=O)c1ccc[n+](CCCC(NC(=O)[C@@H]2CCC(=O)N2)C(=O)N2CCC[C@H]2C(N)=O)c1.O=C([O-])C(F)(F)F. The summed E-state index contributed by atoms with van der Waals surface area (Å²) >= 11 is 0. The molecule has 39 heavy (non-hydrogen) atoms. The minimum Gasteiger partial charge on any atom is -0.542 e. The number of carbonyl (C=O) groups is 6. The molecule has 16 heteroatoms. The largest absolute Gasteiger partial charge is 0.542 e. The molecule has 2 aliphatic heterocycles. The lowest BCUT2D eigenvalue weighted by atomic mass is 10.1. The van der Waals surface area contributed by atoms with Gasteiger partial charge < -0.3 is 36.9 Å². The Kier molecular flexibility index (Phi) is 10.7. The summed E-state index contributed by atoms with van der Waals surface area (Å²) in [5, 5.41) is 14.1. The van der Waals surface area contributed by atoms with E-state index in [0.717, 1.165) is 0 Å². The summed E-state index contributed by atoms with van der Waals surface area (Å²) in [4.78, 5) is 70.6. The fraction of sp³-hybridized carbons (Fsp3) is 0.522. The van der Waals surface area contributed by atoms with Crippen molar-refractivity contribution in [2.75, 3.05) is 6.54 Å². The highest BCUT2D eigenvalue weighted by atomic mass is 19.4. The Morgan fingerprint density at radius 1 is 1.21 bits per heavy atom. The molecule has 0 aromatic carbocycles. The number of aromatic nitrogens is 1. The number of nitrogens with two attached hydrogens (primary N) is 2. The highest BCUT2D eigenvalue weighted by molar-refractivity contribution is 5.95. The molecule has 6 N–H and O–H groups in total. The second kappa shape index (κ2) is 13.5. The normalized spacial score (nSPS) is 19.4. The molecule has 13 nitrogen and oxygen atoms in total. The third-order valence-electron chi connectivity index (χ3n) is 6.07. The quantitative estimate of drug-likeness (QED) is 0.237. The van der Waals surface area contributed by atoms with E-state index in [9.17, 15) is 37.1 Å². The summed E-state index contributed by atoms with van der Waals surface area (Å²) in [5.41, 5.74) is 11.1. The molecule has 2 aliphatic rings. The number of nitrogens with zero attached hydrogens (tertiary/aromatic N) is 2. The first-order chi connectivity index (χ1) is 18.2. The Morgan fingerprint density at radius 3 is 2.41 bits per heavy atom. The number of amides is 5. The summed E-state index contributed by atoms with van der Waals surface area (Å²) in [5.74, 6) is -5.10. The number of alkyl halides is 3. The fourth-order valence-corrected chi connectivity index (χ4v) is 4.15. The summed E-state index contributed by atoms with van der Waals surface area (Å²) in [6.07, 6.45) is 0.810.